The highest BCUT2D eigenvalue weighted by Gasteiger charge is 2.32. The summed E-state index contributed by atoms with van der Waals surface area (Å²) in [6, 6.07) is 2.33. The van der Waals surface area contributed by atoms with Crippen LogP contribution in [0.15, 0.2) is 18.2 Å². The maximum Gasteiger partial charge on any atom is 0.416 e. The van der Waals surface area contributed by atoms with Gasteiger partial charge in [-0.05, 0) is 40.8 Å². The molecule has 1 aromatic rings. The fraction of sp³-hybridized carbons (Fsp3) is 0.222. The molecule has 1 aromatic carbocycles. The van der Waals surface area contributed by atoms with Crippen molar-refractivity contribution >= 4 is 28.6 Å². The van der Waals surface area contributed by atoms with Crippen LogP contribution >= 0.6 is 22.6 Å². The van der Waals surface area contributed by atoms with Crippen LogP contribution in [0.5, 0.6) is 0 Å². The lowest BCUT2D eigenvalue weighted by atomic mass is 10.1. The molecule has 0 bridgehead atoms. The minimum atomic E-state index is -4.61. The molecule has 16 heavy (non-hydrogen) atoms. The molecule has 0 spiro atoms. The maximum atomic E-state index is 13.1. The molecule has 0 aliphatic rings. The summed E-state index contributed by atoms with van der Waals surface area (Å²) in [5.41, 5.74) is -1.55. The van der Waals surface area contributed by atoms with E-state index in [0.717, 1.165) is 12.1 Å². The first-order valence-corrected chi connectivity index (χ1v) is 5.05. The van der Waals surface area contributed by atoms with Gasteiger partial charge in [0, 0.05) is 9.13 Å². The zero-order valence-electron chi connectivity index (χ0n) is 7.55. The van der Waals surface area contributed by atoms with Crippen LogP contribution in [0.3, 0.4) is 0 Å². The molecular formula is C9H5F4IO2. The Kier molecular flexibility index (Phi) is 3.76. The van der Waals surface area contributed by atoms with Crippen LogP contribution in [0.4, 0.5) is 17.6 Å². The topological polar surface area (TPSA) is 37.3 Å². The predicted molar refractivity (Wildman–Crippen MR) is 55.6 cm³/mol. The Balaban J connectivity index is 3.24. The number of rotatable bonds is 2. The van der Waals surface area contributed by atoms with Crippen molar-refractivity contribution in [2.75, 3.05) is 0 Å². The van der Waals surface area contributed by atoms with Crippen LogP contribution in [0, 0.1) is 3.57 Å². The third kappa shape index (κ3) is 2.83. The number of alkyl halides is 4. The number of carboxylic acids is 1. The number of hydrogen-bond donors (Lipinski definition) is 1. The molecular weight excluding hydrogens is 343 g/mol. The molecule has 0 aliphatic heterocycles. The van der Waals surface area contributed by atoms with Crippen molar-refractivity contribution in [2.45, 2.75) is 12.3 Å². The van der Waals surface area contributed by atoms with Gasteiger partial charge in [-0.3, -0.25) is 0 Å². The molecule has 0 saturated heterocycles. The molecule has 0 aliphatic carbocycles. The van der Waals surface area contributed by atoms with Crippen LogP contribution in [-0.2, 0) is 11.0 Å². The van der Waals surface area contributed by atoms with Crippen LogP contribution in [-0.4, -0.2) is 11.1 Å². The third-order valence-corrected chi connectivity index (χ3v) is 2.80. The number of benzene rings is 1. The van der Waals surface area contributed by atoms with Gasteiger partial charge < -0.3 is 5.11 Å². The van der Waals surface area contributed by atoms with Gasteiger partial charge in [0.25, 0.3) is 0 Å². The summed E-state index contributed by atoms with van der Waals surface area (Å²) in [4.78, 5) is 10.4. The van der Waals surface area contributed by atoms with E-state index < -0.39 is 29.4 Å². The van der Waals surface area contributed by atoms with Gasteiger partial charge in [-0.2, -0.15) is 13.2 Å². The van der Waals surface area contributed by atoms with Crippen molar-refractivity contribution in [2.24, 2.45) is 0 Å². The summed E-state index contributed by atoms with van der Waals surface area (Å²) in [6.07, 6.45) is -7.06. The van der Waals surface area contributed by atoms with Gasteiger partial charge in [-0.15, -0.1) is 0 Å². The summed E-state index contributed by atoms with van der Waals surface area (Å²) in [5, 5.41) is 8.39. The second-order valence-electron chi connectivity index (χ2n) is 2.93. The number of hydrogen-bond acceptors (Lipinski definition) is 1. The molecule has 0 heterocycles. The summed E-state index contributed by atoms with van der Waals surface area (Å²) in [7, 11) is 0. The number of aliphatic carboxylic acids is 1. The normalized spacial score (nSPS) is 13.6. The first kappa shape index (κ1) is 13.2. The average molecular weight is 348 g/mol. The first-order chi connectivity index (χ1) is 7.23. The fourth-order valence-electron chi connectivity index (χ4n) is 1.05. The molecule has 1 N–H and O–H groups in total. The SMILES string of the molecule is O=C(O)C(F)c1cc(C(F)(F)F)ccc1I. The van der Waals surface area contributed by atoms with Crippen molar-refractivity contribution in [1.29, 1.82) is 0 Å². The molecule has 1 atom stereocenters. The summed E-state index contributed by atoms with van der Waals surface area (Å²) in [6.45, 7) is 0. The Labute approximate surface area is 101 Å². The molecule has 0 aromatic heterocycles. The number of carbonyl (C=O) groups is 1. The maximum absolute atomic E-state index is 13.1. The predicted octanol–water partition coefficient (Wildman–Crippen LogP) is 3.41. The van der Waals surface area contributed by atoms with Crippen molar-refractivity contribution in [3.05, 3.63) is 32.9 Å². The summed E-state index contributed by atoms with van der Waals surface area (Å²) in [5.74, 6) is -1.81. The Morgan fingerprint density at radius 3 is 2.38 bits per heavy atom. The second kappa shape index (κ2) is 4.56. The first-order valence-electron chi connectivity index (χ1n) is 3.97. The molecule has 1 rings (SSSR count). The Morgan fingerprint density at radius 1 is 1.38 bits per heavy atom. The van der Waals surface area contributed by atoms with E-state index in [1.54, 1.807) is 22.6 Å². The molecule has 0 saturated carbocycles. The average Bonchev–Trinajstić information content (AvgIpc) is 2.15. The van der Waals surface area contributed by atoms with Gasteiger partial charge in [0.2, 0.25) is 6.17 Å². The van der Waals surface area contributed by atoms with Gasteiger partial charge in [-0.25, -0.2) is 9.18 Å². The van der Waals surface area contributed by atoms with Gasteiger partial charge in [0.1, 0.15) is 0 Å². The van der Waals surface area contributed by atoms with Crippen molar-refractivity contribution in [3.8, 4) is 0 Å². The minimum absolute atomic E-state index is 0.139. The molecule has 1 unspecified atom stereocenters. The van der Waals surface area contributed by atoms with E-state index in [4.69, 9.17) is 5.11 Å². The Hall–Kier alpha value is -0.860. The van der Waals surface area contributed by atoms with Crippen molar-refractivity contribution < 1.29 is 27.5 Å². The molecule has 2 nitrogen and oxygen atoms in total. The minimum Gasteiger partial charge on any atom is -0.479 e. The van der Waals surface area contributed by atoms with Crippen LogP contribution < -0.4 is 0 Å². The van der Waals surface area contributed by atoms with Crippen LogP contribution in [0.2, 0.25) is 0 Å². The van der Waals surface area contributed by atoms with E-state index in [2.05, 4.69) is 0 Å². The number of carboxylic acid groups (broad SMARTS) is 1. The van der Waals surface area contributed by atoms with E-state index in [1.807, 2.05) is 0 Å². The summed E-state index contributed by atoms with van der Waals surface area (Å²) >= 11 is 1.58. The van der Waals surface area contributed by atoms with E-state index in [-0.39, 0.29) is 3.57 Å². The zero-order valence-corrected chi connectivity index (χ0v) is 9.71. The Morgan fingerprint density at radius 2 is 1.94 bits per heavy atom. The lowest BCUT2D eigenvalue weighted by Crippen LogP contribution is -2.11. The highest BCUT2D eigenvalue weighted by Crippen LogP contribution is 2.33. The van der Waals surface area contributed by atoms with E-state index >= 15 is 0 Å². The lowest BCUT2D eigenvalue weighted by Gasteiger charge is -2.11. The van der Waals surface area contributed by atoms with Gasteiger partial charge in [-0.1, -0.05) is 0 Å². The molecule has 0 amide bonds. The van der Waals surface area contributed by atoms with Gasteiger partial charge in [0.05, 0.1) is 5.56 Å². The monoisotopic (exact) mass is 348 g/mol. The van der Waals surface area contributed by atoms with Crippen molar-refractivity contribution in [1.82, 2.24) is 0 Å². The van der Waals surface area contributed by atoms with Gasteiger partial charge in [0.15, 0.2) is 0 Å². The summed E-state index contributed by atoms with van der Waals surface area (Å²) < 4.78 is 50.1. The van der Waals surface area contributed by atoms with Crippen LogP contribution in [0.1, 0.15) is 17.3 Å². The molecule has 0 radical (unpaired) electrons. The van der Waals surface area contributed by atoms with E-state index in [0.29, 0.717) is 6.07 Å². The number of halogens is 5. The van der Waals surface area contributed by atoms with Gasteiger partial charge >= 0.3 is 12.1 Å². The smallest absolute Gasteiger partial charge is 0.416 e. The van der Waals surface area contributed by atoms with Crippen LogP contribution in [0.25, 0.3) is 0 Å². The molecule has 88 valence electrons. The molecule has 0 fully saturated rings. The second-order valence-corrected chi connectivity index (χ2v) is 4.10. The van der Waals surface area contributed by atoms with Crippen molar-refractivity contribution in [3.63, 3.8) is 0 Å². The van der Waals surface area contributed by atoms with E-state index in [9.17, 15) is 22.4 Å². The largest absolute Gasteiger partial charge is 0.479 e. The highest BCUT2D eigenvalue weighted by molar-refractivity contribution is 14.1. The third-order valence-electron chi connectivity index (χ3n) is 1.81. The van der Waals surface area contributed by atoms with E-state index in [1.165, 1.54) is 0 Å². The molecule has 7 heteroatoms. The highest BCUT2D eigenvalue weighted by atomic mass is 127. The quantitative estimate of drug-likeness (QED) is 0.657. The zero-order chi connectivity index (χ0) is 12.5. The lowest BCUT2D eigenvalue weighted by molar-refractivity contribution is -0.143. The Bertz CT molecular complexity index is 416. The fourth-order valence-corrected chi connectivity index (χ4v) is 1.66. The standard InChI is InChI=1S/C9H5F4IO2/c10-7(8(15)16)5-3-4(9(11,12)13)1-2-6(5)14/h1-3,7H,(H,15,16).